The third kappa shape index (κ3) is 3.28. The molecule has 1 fully saturated rings. The van der Waals surface area contributed by atoms with Crippen molar-refractivity contribution in [1.29, 1.82) is 0 Å². The average Bonchev–Trinajstić information content (AvgIpc) is 2.86. The van der Waals surface area contributed by atoms with Crippen LogP contribution in [0.3, 0.4) is 0 Å². The maximum atomic E-state index is 13.2. The lowest BCUT2D eigenvalue weighted by molar-refractivity contribution is 0.325. The molecular formula is C15H16FN3O2. The molecule has 1 aromatic carbocycles. The van der Waals surface area contributed by atoms with Crippen molar-refractivity contribution in [3.05, 3.63) is 68.2 Å². The smallest absolute Gasteiger partial charge is 0.311 e. The van der Waals surface area contributed by atoms with Crippen molar-refractivity contribution in [2.45, 2.75) is 18.9 Å². The third-order valence-corrected chi connectivity index (χ3v) is 3.79. The van der Waals surface area contributed by atoms with Gasteiger partial charge in [-0.2, -0.15) is 0 Å². The highest BCUT2D eigenvalue weighted by atomic mass is 19.1. The summed E-state index contributed by atoms with van der Waals surface area (Å²) in [5.74, 6) is -0.101. The molecule has 2 N–H and O–H groups in total. The Balaban J connectivity index is 1.70. The minimum absolute atomic E-state index is 0.133. The minimum Gasteiger partial charge on any atom is -0.311 e. The van der Waals surface area contributed by atoms with E-state index < -0.39 is 5.69 Å². The molecule has 1 saturated heterocycles. The van der Waals surface area contributed by atoms with E-state index in [0.717, 1.165) is 25.1 Å². The van der Waals surface area contributed by atoms with Gasteiger partial charge >= 0.3 is 5.69 Å². The summed E-state index contributed by atoms with van der Waals surface area (Å²) >= 11 is 0. The van der Waals surface area contributed by atoms with Gasteiger partial charge in [-0.15, -0.1) is 0 Å². The van der Waals surface area contributed by atoms with E-state index in [4.69, 9.17) is 0 Å². The van der Waals surface area contributed by atoms with Crippen LogP contribution in [0.2, 0.25) is 0 Å². The normalized spacial score (nSPS) is 19.0. The SMILES string of the molecule is O=c1cc(C2CCN(Cc3cccc(F)c3)C2)[nH]c(=O)[nH]1. The first-order chi connectivity index (χ1) is 10.1. The fourth-order valence-electron chi connectivity index (χ4n) is 2.83. The molecule has 6 heteroatoms. The second-order valence-corrected chi connectivity index (χ2v) is 5.39. The van der Waals surface area contributed by atoms with E-state index in [9.17, 15) is 14.0 Å². The van der Waals surface area contributed by atoms with Crippen molar-refractivity contribution in [2.24, 2.45) is 0 Å². The van der Waals surface area contributed by atoms with E-state index in [-0.39, 0.29) is 17.3 Å². The molecule has 5 nitrogen and oxygen atoms in total. The van der Waals surface area contributed by atoms with Gasteiger partial charge in [-0.25, -0.2) is 9.18 Å². The summed E-state index contributed by atoms with van der Waals surface area (Å²) < 4.78 is 13.2. The number of nitrogens with zero attached hydrogens (tertiary/aromatic N) is 1. The quantitative estimate of drug-likeness (QED) is 0.892. The third-order valence-electron chi connectivity index (χ3n) is 3.79. The molecule has 2 heterocycles. The Morgan fingerprint density at radius 2 is 2.10 bits per heavy atom. The van der Waals surface area contributed by atoms with E-state index in [1.165, 1.54) is 18.2 Å². The van der Waals surface area contributed by atoms with Crippen molar-refractivity contribution in [3.63, 3.8) is 0 Å². The zero-order valence-corrected chi connectivity index (χ0v) is 11.4. The summed E-state index contributed by atoms with van der Waals surface area (Å²) in [5.41, 5.74) is 0.749. The average molecular weight is 289 g/mol. The van der Waals surface area contributed by atoms with Crippen LogP contribution in [0.25, 0.3) is 0 Å². The lowest BCUT2D eigenvalue weighted by Gasteiger charge is -2.16. The highest BCUT2D eigenvalue weighted by molar-refractivity contribution is 5.17. The number of benzene rings is 1. The fourth-order valence-corrected chi connectivity index (χ4v) is 2.83. The molecule has 0 bridgehead atoms. The molecule has 3 rings (SSSR count). The first-order valence-corrected chi connectivity index (χ1v) is 6.90. The molecule has 0 amide bonds. The molecule has 0 radical (unpaired) electrons. The number of hydrogen-bond donors (Lipinski definition) is 2. The number of halogens is 1. The van der Waals surface area contributed by atoms with E-state index >= 15 is 0 Å². The summed E-state index contributed by atoms with van der Waals surface area (Å²) in [7, 11) is 0. The first-order valence-electron chi connectivity index (χ1n) is 6.90. The van der Waals surface area contributed by atoms with Crippen LogP contribution in [0, 0.1) is 5.82 Å². The molecule has 1 atom stereocenters. The Bertz CT molecular complexity index is 725. The number of rotatable bonds is 3. The number of hydrogen-bond acceptors (Lipinski definition) is 3. The van der Waals surface area contributed by atoms with Gasteiger partial charge in [-0.05, 0) is 30.7 Å². The molecule has 110 valence electrons. The van der Waals surface area contributed by atoms with Gasteiger partial charge in [-0.1, -0.05) is 12.1 Å². The number of nitrogens with one attached hydrogen (secondary N) is 2. The van der Waals surface area contributed by atoms with Gasteiger partial charge in [0.2, 0.25) is 0 Å². The zero-order valence-electron chi connectivity index (χ0n) is 11.4. The summed E-state index contributed by atoms with van der Waals surface area (Å²) in [6.07, 6.45) is 0.870. The van der Waals surface area contributed by atoms with Gasteiger partial charge in [0.1, 0.15) is 5.82 Å². The predicted molar refractivity (Wildman–Crippen MR) is 76.7 cm³/mol. The standard InChI is InChI=1S/C15H16FN3O2/c16-12-3-1-2-10(6-12)8-19-5-4-11(9-19)13-7-14(20)18-15(21)17-13/h1-3,6-7,11H,4-5,8-9H2,(H2,17,18,20,21). The van der Waals surface area contributed by atoms with E-state index in [0.29, 0.717) is 12.2 Å². The maximum Gasteiger partial charge on any atom is 0.325 e. The monoisotopic (exact) mass is 289 g/mol. The van der Waals surface area contributed by atoms with Crippen molar-refractivity contribution in [1.82, 2.24) is 14.9 Å². The Labute approximate surface area is 120 Å². The molecule has 0 saturated carbocycles. The second kappa shape index (κ2) is 5.65. The van der Waals surface area contributed by atoms with Crippen molar-refractivity contribution >= 4 is 0 Å². The van der Waals surface area contributed by atoms with Crippen LogP contribution < -0.4 is 11.2 Å². The van der Waals surface area contributed by atoms with Gasteiger partial charge in [0.25, 0.3) is 5.56 Å². The highest BCUT2D eigenvalue weighted by Gasteiger charge is 2.24. The van der Waals surface area contributed by atoms with Gasteiger partial charge in [0.15, 0.2) is 0 Å². The van der Waals surface area contributed by atoms with Gasteiger partial charge < -0.3 is 4.98 Å². The van der Waals surface area contributed by atoms with Crippen LogP contribution >= 0.6 is 0 Å². The Kier molecular flexibility index (Phi) is 3.70. The molecule has 0 spiro atoms. The topological polar surface area (TPSA) is 69.0 Å². The molecule has 1 aliphatic rings. The molecule has 21 heavy (non-hydrogen) atoms. The van der Waals surface area contributed by atoms with Crippen LogP contribution in [0.1, 0.15) is 23.6 Å². The molecular weight excluding hydrogens is 273 g/mol. The second-order valence-electron chi connectivity index (χ2n) is 5.39. The molecule has 1 aliphatic heterocycles. The number of likely N-dealkylation sites (tertiary alicyclic amines) is 1. The lowest BCUT2D eigenvalue weighted by Crippen LogP contribution is -2.25. The molecule has 1 aromatic heterocycles. The number of H-pyrrole nitrogens is 2. The first kappa shape index (κ1) is 13.8. The summed E-state index contributed by atoms with van der Waals surface area (Å²) in [6.45, 7) is 2.27. The van der Waals surface area contributed by atoms with E-state index in [1.54, 1.807) is 6.07 Å². The van der Waals surface area contributed by atoms with Gasteiger partial charge in [0, 0.05) is 30.8 Å². The highest BCUT2D eigenvalue weighted by Crippen LogP contribution is 2.25. The van der Waals surface area contributed by atoms with E-state index in [1.807, 2.05) is 6.07 Å². The fraction of sp³-hybridized carbons (Fsp3) is 0.333. The number of aromatic nitrogens is 2. The largest absolute Gasteiger partial charge is 0.325 e. The zero-order chi connectivity index (χ0) is 14.8. The summed E-state index contributed by atoms with van der Waals surface area (Å²) in [5, 5.41) is 0. The van der Waals surface area contributed by atoms with E-state index in [2.05, 4.69) is 14.9 Å². The predicted octanol–water partition coefficient (Wildman–Crippen LogP) is 1.19. The Morgan fingerprint density at radius 3 is 2.86 bits per heavy atom. The molecule has 0 aliphatic carbocycles. The van der Waals surface area contributed by atoms with Crippen LogP contribution in [0.5, 0.6) is 0 Å². The summed E-state index contributed by atoms with van der Waals surface area (Å²) in [4.78, 5) is 29.7. The molecule has 1 unspecified atom stereocenters. The van der Waals surface area contributed by atoms with Crippen LogP contribution in [-0.2, 0) is 6.54 Å². The Morgan fingerprint density at radius 1 is 1.24 bits per heavy atom. The van der Waals surface area contributed by atoms with Gasteiger partial charge in [-0.3, -0.25) is 14.7 Å². The molecule has 2 aromatic rings. The minimum atomic E-state index is -0.471. The van der Waals surface area contributed by atoms with Gasteiger partial charge in [0.05, 0.1) is 0 Å². The number of aromatic amines is 2. The maximum absolute atomic E-state index is 13.2. The summed E-state index contributed by atoms with van der Waals surface area (Å²) in [6, 6.07) is 8.00. The lowest BCUT2D eigenvalue weighted by atomic mass is 10.1. The van der Waals surface area contributed by atoms with Crippen molar-refractivity contribution in [2.75, 3.05) is 13.1 Å². The van der Waals surface area contributed by atoms with Crippen molar-refractivity contribution < 1.29 is 4.39 Å². The van der Waals surface area contributed by atoms with Crippen LogP contribution in [0.4, 0.5) is 4.39 Å². The van der Waals surface area contributed by atoms with Crippen LogP contribution in [0.15, 0.2) is 39.9 Å². The van der Waals surface area contributed by atoms with Crippen molar-refractivity contribution in [3.8, 4) is 0 Å². The van der Waals surface area contributed by atoms with Crippen LogP contribution in [-0.4, -0.2) is 28.0 Å². The Hall–Kier alpha value is -2.21.